The summed E-state index contributed by atoms with van der Waals surface area (Å²) in [5.74, 6) is 2.36. The van der Waals surface area contributed by atoms with E-state index in [1.54, 1.807) is 0 Å². The van der Waals surface area contributed by atoms with Crippen LogP contribution in [0.1, 0.15) is 51.9 Å². The van der Waals surface area contributed by atoms with Crippen LogP contribution < -0.4 is 10.6 Å². The third kappa shape index (κ3) is 2.29. The molecule has 4 atom stereocenters. The molecule has 3 rings (SSSR count). The molecule has 1 aliphatic heterocycles. The van der Waals surface area contributed by atoms with Crippen LogP contribution in [0.2, 0.25) is 0 Å². The highest BCUT2D eigenvalue weighted by molar-refractivity contribution is 5.82. The van der Waals surface area contributed by atoms with E-state index in [9.17, 15) is 4.79 Å². The molecule has 18 heavy (non-hydrogen) atoms. The molecule has 3 aliphatic rings. The third-order valence-electron chi connectivity index (χ3n) is 5.51. The first-order chi connectivity index (χ1) is 8.75. The Hall–Kier alpha value is -0.570. The zero-order valence-corrected chi connectivity index (χ0v) is 11.5. The lowest BCUT2D eigenvalue weighted by Gasteiger charge is -2.24. The van der Waals surface area contributed by atoms with Gasteiger partial charge in [-0.25, -0.2) is 0 Å². The van der Waals surface area contributed by atoms with Gasteiger partial charge < -0.3 is 10.6 Å². The minimum atomic E-state index is 0.0985. The van der Waals surface area contributed by atoms with Gasteiger partial charge in [0, 0.05) is 6.04 Å². The average molecular weight is 250 g/mol. The number of nitrogens with one attached hydrogen (secondary N) is 2. The monoisotopic (exact) mass is 250 g/mol. The summed E-state index contributed by atoms with van der Waals surface area (Å²) in [6.07, 6.45) is 9.16. The first-order valence-corrected chi connectivity index (χ1v) is 7.79. The fourth-order valence-electron chi connectivity index (χ4n) is 4.36. The molecule has 1 heterocycles. The van der Waals surface area contributed by atoms with Crippen molar-refractivity contribution >= 4 is 5.91 Å². The molecule has 0 aromatic rings. The van der Waals surface area contributed by atoms with Crippen molar-refractivity contribution < 1.29 is 4.79 Å². The molecule has 1 saturated heterocycles. The maximum absolute atomic E-state index is 12.4. The molecule has 0 spiro atoms. The quantitative estimate of drug-likeness (QED) is 0.805. The molecule has 0 aromatic heterocycles. The van der Waals surface area contributed by atoms with Crippen molar-refractivity contribution in [1.29, 1.82) is 0 Å². The standard InChI is InChI=1S/C15H26N2O/c1-10(11-5-2-3-6-11)17-15(18)14-13-8-4-7-12(13)9-16-14/h10-14,16H,2-9H2,1H3,(H,17,18). The van der Waals surface area contributed by atoms with Gasteiger partial charge in [0.2, 0.25) is 5.91 Å². The molecule has 3 fully saturated rings. The van der Waals surface area contributed by atoms with E-state index in [0.29, 0.717) is 12.0 Å². The Morgan fingerprint density at radius 1 is 1.17 bits per heavy atom. The molecule has 0 aromatic carbocycles. The van der Waals surface area contributed by atoms with Gasteiger partial charge >= 0.3 is 0 Å². The maximum Gasteiger partial charge on any atom is 0.237 e. The van der Waals surface area contributed by atoms with Gasteiger partial charge in [-0.1, -0.05) is 19.3 Å². The molecule has 1 amide bonds. The van der Waals surface area contributed by atoms with Gasteiger partial charge in [0.15, 0.2) is 0 Å². The summed E-state index contributed by atoms with van der Waals surface area (Å²) in [4.78, 5) is 12.4. The lowest BCUT2D eigenvalue weighted by molar-refractivity contribution is -0.124. The second kappa shape index (κ2) is 5.20. The predicted molar refractivity (Wildman–Crippen MR) is 72.2 cm³/mol. The van der Waals surface area contributed by atoms with Crippen LogP contribution in [0, 0.1) is 17.8 Å². The Balaban J connectivity index is 1.54. The van der Waals surface area contributed by atoms with Gasteiger partial charge in [-0.05, 0) is 56.9 Å². The molecule has 3 nitrogen and oxygen atoms in total. The number of hydrogen-bond acceptors (Lipinski definition) is 2. The van der Waals surface area contributed by atoms with Crippen LogP contribution in [-0.2, 0) is 4.79 Å². The van der Waals surface area contributed by atoms with Crippen LogP contribution in [-0.4, -0.2) is 24.5 Å². The van der Waals surface area contributed by atoms with Crippen LogP contribution in [0.25, 0.3) is 0 Å². The smallest absolute Gasteiger partial charge is 0.237 e. The number of carbonyl (C=O) groups excluding carboxylic acids is 1. The second-order valence-electron chi connectivity index (χ2n) is 6.58. The summed E-state index contributed by atoms with van der Waals surface area (Å²) >= 11 is 0. The molecule has 2 saturated carbocycles. The van der Waals surface area contributed by atoms with E-state index in [0.717, 1.165) is 18.4 Å². The lowest BCUT2D eigenvalue weighted by Crippen LogP contribution is -2.48. The van der Waals surface area contributed by atoms with Crippen molar-refractivity contribution in [3.8, 4) is 0 Å². The SMILES string of the molecule is CC(NC(=O)C1NCC2CCCC21)C1CCCC1. The summed E-state index contributed by atoms with van der Waals surface area (Å²) in [6, 6.07) is 0.462. The van der Waals surface area contributed by atoms with E-state index in [2.05, 4.69) is 17.6 Å². The Kier molecular flexibility index (Phi) is 3.60. The highest BCUT2D eigenvalue weighted by atomic mass is 16.2. The third-order valence-corrected chi connectivity index (χ3v) is 5.51. The van der Waals surface area contributed by atoms with Crippen LogP contribution in [0.15, 0.2) is 0 Å². The van der Waals surface area contributed by atoms with Gasteiger partial charge in [-0.15, -0.1) is 0 Å². The van der Waals surface area contributed by atoms with Crippen molar-refractivity contribution in [1.82, 2.24) is 10.6 Å². The van der Waals surface area contributed by atoms with Crippen LogP contribution in [0.3, 0.4) is 0 Å². The molecule has 2 N–H and O–H groups in total. The molecule has 3 heteroatoms. The van der Waals surface area contributed by atoms with E-state index in [-0.39, 0.29) is 11.9 Å². The summed E-state index contributed by atoms with van der Waals surface area (Å²) in [6.45, 7) is 3.25. The fourth-order valence-corrected chi connectivity index (χ4v) is 4.36. The van der Waals surface area contributed by atoms with Crippen molar-refractivity contribution in [3.63, 3.8) is 0 Å². The van der Waals surface area contributed by atoms with E-state index in [4.69, 9.17) is 0 Å². The largest absolute Gasteiger partial charge is 0.352 e. The summed E-state index contributed by atoms with van der Waals surface area (Å²) in [5, 5.41) is 6.72. The highest BCUT2D eigenvalue weighted by Gasteiger charge is 2.42. The molecule has 0 radical (unpaired) electrons. The lowest BCUT2D eigenvalue weighted by atomic mass is 9.93. The number of amides is 1. The topological polar surface area (TPSA) is 41.1 Å². The predicted octanol–water partition coefficient (Wildman–Crippen LogP) is 2.07. The van der Waals surface area contributed by atoms with E-state index >= 15 is 0 Å². The minimum Gasteiger partial charge on any atom is -0.352 e. The number of rotatable bonds is 3. The first-order valence-electron chi connectivity index (χ1n) is 7.79. The number of carbonyl (C=O) groups is 1. The van der Waals surface area contributed by atoms with Crippen molar-refractivity contribution in [3.05, 3.63) is 0 Å². The van der Waals surface area contributed by atoms with E-state index in [1.807, 2.05) is 0 Å². The van der Waals surface area contributed by atoms with Crippen molar-refractivity contribution in [2.45, 2.75) is 64.0 Å². The molecule has 4 unspecified atom stereocenters. The molecule has 0 bridgehead atoms. The molecular weight excluding hydrogens is 224 g/mol. The van der Waals surface area contributed by atoms with Crippen LogP contribution >= 0.6 is 0 Å². The zero-order valence-electron chi connectivity index (χ0n) is 11.5. The summed E-state index contributed by atoms with van der Waals surface area (Å²) in [5.41, 5.74) is 0. The first kappa shape index (κ1) is 12.5. The Bertz CT molecular complexity index is 312. The Morgan fingerprint density at radius 3 is 2.72 bits per heavy atom. The van der Waals surface area contributed by atoms with Gasteiger partial charge in [-0.3, -0.25) is 4.79 Å². The Morgan fingerprint density at radius 2 is 1.94 bits per heavy atom. The van der Waals surface area contributed by atoms with Gasteiger partial charge in [0.1, 0.15) is 0 Å². The maximum atomic E-state index is 12.4. The van der Waals surface area contributed by atoms with Crippen molar-refractivity contribution in [2.24, 2.45) is 17.8 Å². The molecule has 2 aliphatic carbocycles. The van der Waals surface area contributed by atoms with E-state index in [1.165, 1.54) is 44.9 Å². The molecular formula is C15H26N2O. The Labute approximate surface area is 110 Å². The normalized spacial score (nSPS) is 37.7. The van der Waals surface area contributed by atoms with Crippen molar-refractivity contribution in [2.75, 3.05) is 6.54 Å². The second-order valence-corrected chi connectivity index (χ2v) is 6.58. The summed E-state index contributed by atoms with van der Waals surface area (Å²) < 4.78 is 0. The highest BCUT2D eigenvalue weighted by Crippen LogP contribution is 2.37. The zero-order chi connectivity index (χ0) is 12.5. The van der Waals surface area contributed by atoms with Gasteiger partial charge in [0.05, 0.1) is 6.04 Å². The van der Waals surface area contributed by atoms with E-state index < -0.39 is 0 Å². The number of fused-ring (bicyclic) bond motifs is 1. The van der Waals surface area contributed by atoms with Gasteiger partial charge in [-0.2, -0.15) is 0 Å². The number of hydrogen-bond donors (Lipinski definition) is 2. The van der Waals surface area contributed by atoms with Gasteiger partial charge in [0.25, 0.3) is 0 Å². The van der Waals surface area contributed by atoms with Crippen LogP contribution in [0.4, 0.5) is 0 Å². The summed E-state index contributed by atoms with van der Waals surface area (Å²) in [7, 11) is 0. The van der Waals surface area contributed by atoms with Crippen LogP contribution in [0.5, 0.6) is 0 Å². The minimum absolute atomic E-state index is 0.0985. The fraction of sp³-hybridized carbons (Fsp3) is 0.933. The molecule has 102 valence electrons. The average Bonchev–Trinajstić information content (AvgIpc) is 3.06.